The molecule has 1 atom stereocenters. The van der Waals surface area contributed by atoms with E-state index in [1.807, 2.05) is 0 Å². The number of aliphatic hydroxyl groups excluding tert-OH is 1. The van der Waals surface area contributed by atoms with Crippen molar-refractivity contribution >= 4 is 11.8 Å². The molecule has 0 radical (unpaired) electrons. The Kier molecular flexibility index (Phi) is 4.78. The first-order valence-electron chi connectivity index (χ1n) is 7.04. The molecular weight excluding hydrogens is 280 g/mol. The van der Waals surface area contributed by atoms with Crippen molar-refractivity contribution in [1.29, 1.82) is 0 Å². The van der Waals surface area contributed by atoms with Crippen LogP contribution in [0.15, 0.2) is 48.8 Å². The molecule has 2 aromatic rings. The van der Waals surface area contributed by atoms with Gasteiger partial charge in [0.2, 0.25) is 0 Å². The Morgan fingerprint density at radius 3 is 2.45 bits per heavy atom. The molecule has 0 aliphatic rings. The zero-order valence-corrected chi connectivity index (χ0v) is 12.9. The molecule has 1 aromatic heterocycles. The Balaban J connectivity index is 2.22. The van der Waals surface area contributed by atoms with Crippen LogP contribution in [0.1, 0.15) is 38.0 Å². The number of amides is 1. The zero-order valence-electron chi connectivity index (χ0n) is 12.9. The van der Waals surface area contributed by atoms with Gasteiger partial charge in [0.1, 0.15) is 11.7 Å². The second-order valence-electron chi connectivity index (χ2n) is 5.90. The molecule has 0 aliphatic heterocycles. The number of nitrogens with zero attached hydrogens (tertiary/aromatic N) is 1. The standard InChI is InChI=1S/C17H20N2O3/c1-17(2,3)22-16(21)19-14-7-5-4-6-13(14)15(20)12-8-10-18-11-9-12/h4-11,15,20H,1-3H3,(H,19,21). The van der Waals surface area contributed by atoms with Crippen LogP contribution < -0.4 is 5.32 Å². The lowest BCUT2D eigenvalue weighted by atomic mass is 10.0. The van der Waals surface area contributed by atoms with E-state index in [0.29, 0.717) is 16.8 Å². The first kappa shape index (κ1) is 16.0. The summed E-state index contributed by atoms with van der Waals surface area (Å²) in [5, 5.41) is 13.2. The Labute approximate surface area is 130 Å². The van der Waals surface area contributed by atoms with Gasteiger partial charge in [-0.25, -0.2) is 4.79 Å². The number of nitrogens with one attached hydrogen (secondary N) is 1. The maximum absolute atomic E-state index is 11.9. The molecule has 1 unspecified atom stereocenters. The fourth-order valence-corrected chi connectivity index (χ4v) is 1.99. The maximum Gasteiger partial charge on any atom is 0.412 e. The molecule has 0 saturated heterocycles. The summed E-state index contributed by atoms with van der Waals surface area (Å²) < 4.78 is 5.24. The maximum atomic E-state index is 11.9. The molecule has 1 aromatic carbocycles. The van der Waals surface area contributed by atoms with Crippen molar-refractivity contribution in [3.63, 3.8) is 0 Å². The molecule has 1 heterocycles. The van der Waals surface area contributed by atoms with Gasteiger partial charge in [0.25, 0.3) is 0 Å². The van der Waals surface area contributed by atoms with E-state index < -0.39 is 17.8 Å². The summed E-state index contributed by atoms with van der Waals surface area (Å²) >= 11 is 0. The van der Waals surface area contributed by atoms with E-state index in [0.717, 1.165) is 0 Å². The topological polar surface area (TPSA) is 71.5 Å². The van der Waals surface area contributed by atoms with E-state index in [4.69, 9.17) is 4.74 Å². The van der Waals surface area contributed by atoms with Crippen molar-refractivity contribution < 1.29 is 14.6 Å². The highest BCUT2D eigenvalue weighted by Gasteiger charge is 2.19. The molecule has 22 heavy (non-hydrogen) atoms. The fraction of sp³-hybridized carbons (Fsp3) is 0.294. The first-order valence-corrected chi connectivity index (χ1v) is 7.04. The van der Waals surface area contributed by atoms with Gasteiger partial charge < -0.3 is 9.84 Å². The van der Waals surface area contributed by atoms with Gasteiger partial charge in [-0.2, -0.15) is 0 Å². The molecule has 0 fully saturated rings. The summed E-state index contributed by atoms with van der Waals surface area (Å²) in [6.07, 6.45) is 1.82. The highest BCUT2D eigenvalue weighted by Crippen LogP contribution is 2.28. The number of aliphatic hydroxyl groups is 1. The molecule has 116 valence electrons. The highest BCUT2D eigenvalue weighted by molar-refractivity contribution is 5.86. The van der Waals surface area contributed by atoms with Crippen molar-refractivity contribution in [1.82, 2.24) is 4.98 Å². The van der Waals surface area contributed by atoms with Gasteiger partial charge >= 0.3 is 6.09 Å². The highest BCUT2D eigenvalue weighted by atomic mass is 16.6. The van der Waals surface area contributed by atoms with Crippen LogP contribution in [-0.2, 0) is 4.74 Å². The minimum Gasteiger partial charge on any atom is -0.444 e. The molecule has 0 bridgehead atoms. The molecule has 5 nitrogen and oxygen atoms in total. The van der Waals surface area contributed by atoms with E-state index in [-0.39, 0.29) is 0 Å². The largest absolute Gasteiger partial charge is 0.444 e. The summed E-state index contributed by atoms with van der Waals surface area (Å²) in [7, 11) is 0. The lowest BCUT2D eigenvalue weighted by molar-refractivity contribution is 0.0635. The lowest BCUT2D eigenvalue weighted by Gasteiger charge is -2.21. The summed E-state index contributed by atoms with van der Waals surface area (Å²) in [5.74, 6) is 0. The molecule has 2 N–H and O–H groups in total. The molecule has 1 amide bonds. The van der Waals surface area contributed by atoms with E-state index >= 15 is 0 Å². The number of pyridine rings is 1. The van der Waals surface area contributed by atoms with Gasteiger partial charge in [0.15, 0.2) is 0 Å². The predicted octanol–water partition coefficient (Wildman–Crippen LogP) is 3.51. The molecule has 0 aliphatic carbocycles. The monoisotopic (exact) mass is 300 g/mol. The van der Waals surface area contributed by atoms with Crippen molar-refractivity contribution in [3.05, 3.63) is 59.9 Å². The Hall–Kier alpha value is -2.40. The molecule has 5 heteroatoms. The van der Waals surface area contributed by atoms with Crippen molar-refractivity contribution in [3.8, 4) is 0 Å². The number of carbonyl (C=O) groups excluding carboxylic acids is 1. The lowest BCUT2D eigenvalue weighted by Crippen LogP contribution is -2.27. The smallest absolute Gasteiger partial charge is 0.412 e. The molecule has 0 spiro atoms. The van der Waals surface area contributed by atoms with Crippen LogP contribution in [-0.4, -0.2) is 21.8 Å². The number of hydrogen-bond donors (Lipinski definition) is 2. The second-order valence-corrected chi connectivity index (χ2v) is 5.90. The number of carbonyl (C=O) groups is 1. The normalized spacial score (nSPS) is 12.5. The second kappa shape index (κ2) is 6.58. The average Bonchev–Trinajstić information content (AvgIpc) is 2.46. The SMILES string of the molecule is CC(C)(C)OC(=O)Nc1ccccc1C(O)c1ccncc1. The van der Waals surface area contributed by atoms with Crippen molar-refractivity contribution in [2.24, 2.45) is 0 Å². The summed E-state index contributed by atoms with van der Waals surface area (Å²) in [6.45, 7) is 5.39. The number of ether oxygens (including phenoxy) is 1. The van der Waals surface area contributed by atoms with Crippen molar-refractivity contribution in [2.75, 3.05) is 5.32 Å². The minimum atomic E-state index is -0.853. The van der Waals surface area contributed by atoms with Gasteiger partial charge in [-0.3, -0.25) is 10.3 Å². The third-order valence-electron chi connectivity index (χ3n) is 2.91. The molecule has 2 rings (SSSR count). The van der Waals surface area contributed by atoms with Crippen LogP contribution in [0.25, 0.3) is 0 Å². The summed E-state index contributed by atoms with van der Waals surface area (Å²) in [4.78, 5) is 15.8. The van der Waals surface area contributed by atoms with E-state index in [9.17, 15) is 9.90 Å². The third kappa shape index (κ3) is 4.30. The number of benzene rings is 1. The quantitative estimate of drug-likeness (QED) is 0.910. The number of aromatic nitrogens is 1. The summed E-state index contributed by atoms with van der Waals surface area (Å²) in [5.41, 5.74) is 1.23. The number of hydrogen-bond acceptors (Lipinski definition) is 4. The van der Waals surface area contributed by atoms with Gasteiger partial charge in [-0.1, -0.05) is 18.2 Å². The molecular formula is C17H20N2O3. The van der Waals surface area contributed by atoms with Crippen LogP contribution in [0.3, 0.4) is 0 Å². The average molecular weight is 300 g/mol. The zero-order chi connectivity index (χ0) is 16.2. The van der Waals surface area contributed by atoms with E-state index in [1.54, 1.807) is 69.6 Å². The van der Waals surface area contributed by atoms with Gasteiger partial charge in [-0.05, 0) is 44.5 Å². The fourth-order valence-electron chi connectivity index (χ4n) is 1.99. The Morgan fingerprint density at radius 1 is 1.18 bits per heavy atom. The number of anilines is 1. The Bertz CT molecular complexity index is 636. The number of rotatable bonds is 3. The van der Waals surface area contributed by atoms with Gasteiger partial charge in [0.05, 0.1) is 5.69 Å². The van der Waals surface area contributed by atoms with Crippen LogP contribution >= 0.6 is 0 Å². The van der Waals surface area contributed by atoms with E-state index in [2.05, 4.69) is 10.3 Å². The van der Waals surface area contributed by atoms with Crippen LogP contribution in [0.5, 0.6) is 0 Å². The van der Waals surface area contributed by atoms with Crippen LogP contribution in [0.2, 0.25) is 0 Å². The van der Waals surface area contributed by atoms with E-state index in [1.165, 1.54) is 0 Å². The van der Waals surface area contributed by atoms with Crippen LogP contribution in [0, 0.1) is 0 Å². The number of para-hydroxylation sites is 1. The van der Waals surface area contributed by atoms with Crippen molar-refractivity contribution in [2.45, 2.75) is 32.5 Å². The first-order chi connectivity index (χ1) is 10.4. The Morgan fingerprint density at radius 2 is 1.82 bits per heavy atom. The minimum absolute atomic E-state index is 0.515. The van der Waals surface area contributed by atoms with Gasteiger partial charge in [-0.15, -0.1) is 0 Å². The third-order valence-corrected chi connectivity index (χ3v) is 2.91. The van der Waals surface area contributed by atoms with Crippen LogP contribution in [0.4, 0.5) is 10.5 Å². The predicted molar refractivity (Wildman–Crippen MR) is 84.6 cm³/mol. The van der Waals surface area contributed by atoms with Gasteiger partial charge in [0, 0.05) is 18.0 Å². The summed E-state index contributed by atoms with van der Waals surface area (Å²) in [6, 6.07) is 10.5. The molecule has 0 saturated carbocycles.